The minimum Gasteiger partial charge on any atom is -0.530 e. The van der Waals surface area contributed by atoms with Gasteiger partial charge in [-0.05, 0) is 12.1 Å². The number of imidazole rings is 1. The van der Waals surface area contributed by atoms with Gasteiger partial charge in [0.05, 0.1) is 11.0 Å². The van der Waals surface area contributed by atoms with Gasteiger partial charge in [-0.2, -0.15) is 0 Å². The fourth-order valence-electron chi connectivity index (χ4n) is 1.18. The summed E-state index contributed by atoms with van der Waals surface area (Å²) in [5, 5.41) is 10.5. The van der Waals surface area contributed by atoms with Gasteiger partial charge in [0, 0.05) is 7.05 Å². The van der Waals surface area contributed by atoms with E-state index >= 15 is 0 Å². The molecule has 0 aliphatic rings. The number of H-pyrrole nitrogens is 1. The zero-order valence-corrected chi connectivity index (χ0v) is 7.52. The van der Waals surface area contributed by atoms with Gasteiger partial charge in [-0.3, -0.25) is 0 Å². The number of carbonyl (C=O) groups excluding carboxylic acids is 1. The molecule has 1 aromatic carbocycles. The number of carbonyl (C=O) groups is 1. The average molecular weight is 190 g/mol. The first-order chi connectivity index (χ1) is 6.68. The van der Waals surface area contributed by atoms with Crippen molar-refractivity contribution in [1.29, 1.82) is 0 Å². The summed E-state index contributed by atoms with van der Waals surface area (Å²) in [6.07, 6.45) is -1.29. The van der Waals surface area contributed by atoms with Gasteiger partial charge in [-0.25, -0.2) is 4.98 Å². The van der Waals surface area contributed by atoms with Crippen molar-refractivity contribution in [3.63, 3.8) is 0 Å². The third kappa shape index (κ3) is 1.28. The van der Waals surface area contributed by atoms with Crippen molar-refractivity contribution in [2.24, 2.45) is 0 Å². The van der Waals surface area contributed by atoms with Gasteiger partial charge in [0.15, 0.2) is 0 Å². The number of rotatable bonds is 1. The molecular formula is C9H8N3O2-. The van der Waals surface area contributed by atoms with Crippen LogP contribution in [0, 0.1) is 0 Å². The van der Waals surface area contributed by atoms with Gasteiger partial charge in [0.25, 0.3) is 0 Å². The van der Waals surface area contributed by atoms with Crippen molar-refractivity contribution in [3.05, 3.63) is 24.3 Å². The third-order valence-corrected chi connectivity index (χ3v) is 1.97. The van der Waals surface area contributed by atoms with E-state index in [1.54, 1.807) is 6.07 Å². The lowest BCUT2D eigenvalue weighted by molar-refractivity contribution is -0.246. The van der Waals surface area contributed by atoms with E-state index in [4.69, 9.17) is 0 Å². The molecule has 0 radical (unpaired) electrons. The van der Waals surface area contributed by atoms with Crippen LogP contribution in [-0.4, -0.2) is 23.1 Å². The van der Waals surface area contributed by atoms with Gasteiger partial charge in [0.2, 0.25) is 5.95 Å². The molecule has 14 heavy (non-hydrogen) atoms. The zero-order chi connectivity index (χ0) is 10.1. The lowest BCUT2D eigenvalue weighted by Crippen LogP contribution is -2.38. The van der Waals surface area contributed by atoms with E-state index in [0.29, 0.717) is 0 Å². The number of benzene rings is 1. The first-order valence-corrected chi connectivity index (χ1v) is 4.08. The number of nitrogens with zero attached hydrogens (tertiary/aromatic N) is 2. The third-order valence-electron chi connectivity index (χ3n) is 1.97. The quantitative estimate of drug-likeness (QED) is 0.704. The van der Waals surface area contributed by atoms with Crippen molar-refractivity contribution in [2.45, 2.75) is 0 Å². The maximum atomic E-state index is 10.5. The Balaban J connectivity index is 2.50. The van der Waals surface area contributed by atoms with Crippen LogP contribution in [0.1, 0.15) is 0 Å². The molecule has 0 bridgehead atoms. The molecule has 2 rings (SSSR count). The molecule has 72 valence electrons. The van der Waals surface area contributed by atoms with E-state index in [-0.39, 0.29) is 5.95 Å². The molecule has 0 saturated heterocycles. The van der Waals surface area contributed by atoms with Crippen LogP contribution in [0.2, 0.25) is 0 Å². The fraction of sp³-hybridized carbons (Fsp3) is 0.111. The molecule has 0 unspecified atom stereocenters. The van der Waals surface area contributed by atoms with Crippen LogP contribution in [0.4, 0.5) is 10.7 Å². The summed E-state index contributed by atoms with van der Waals surface area (Å²) in [4.78, 5) is 18.4. The first kappa shape index (κ1) is 8.55. The number of anilines is 1. The van der Waals surface area contributed by atoms with Crippen molar-refractivity contribution >= 4 is 23.1 Å². The van der Waals surface area contributed by atoms with Gasteiger partial charge in [-0.15, -0.1) is 0 Å². The minimum absolute atomic E-state index is 0.270. The van der Waals surface area contributed by atoms with Crippen LogP contribution in [0.25, 0.3) is 11.0 Å². The summed E-state index contributed by atoms with van der Waals surface area (Å²) in [6.45, 7) is 0. The molecule has 0 aliphatic heterocycles. The predicted molar refractivity (Wildman–Crippen MR) is 49.9 cm³/mol. The van der Waals surface area contributed by atoms with E-state index in [1.165, 1.54) is 7.05 Å². The second-order valence-electron chi connectivity index (χ2n) is 2.90. The highest BCUT2D eigenvalue weighted by atomic mass is 16.4. The number of carboxylic acid groups (broad SMARTS) is 1. The standard InChI is InChI=1S/C9H9N3O2/c1-12(9(13)14)8-10-6-4-2-3-5-7(6)11-8/h2-5H,1H3,(H,10,11)(H,13,14)/p-1. The van der Waals surface area contributed by atoms with Crippen LogP contribution >= 0.6 is 0 Å². The number of amides is 1. The zero-order valence-electron chi connectivity index (χ0n) is 7.52. The molecule has 0 spiro atoms. The molecule has 2 aromatic rings. The molecule has 0 saturated carbocycles. The molecular weight excluding hydrogens is 182 g/mol. The topological polar surface area (TPSA) is 72.1 Å². The summed E-state index contributed by atoms with van der Waals surface area (Å²) in [7, 11) is 1.38. The number of para-hydroxylation sites is 2. The molecule has 1 amide bonds. The highest BCUT2D eigenvalue weighted by Gasteiger charge is 2.06. The summed E-state index contributed by atoms with van der Waals surface area (Å²) >= 11 is 0. The highest BCUT2D eigenvalue weighted by molar-refractivity contribution is 5.85. The number of aromatic amines is 1. The van der Waals surface area contributed by atoms with Crippen LogP contribution in [-0.2, 0) is 0 Å². The highest BCUT2D eigenvalue weighted by Crippen LogP contribution is 2.15. The number of aromatic nitrogens is 2. The first-order valence-electron chi connectivity index (χ1n) is 4.08. The minimum atomic E-state index is -1.29. The van der Waals surface area contributed by atoms with Gasteiger partial charge in [0.1, 0.15) is 6.09 Å². The van der Waals surface area contributed by atoms with Gasteiger partial charge in [-0.1, -0.05) is 12.1 Å². The van der Waals surface area contributed by atoms with Crippen LogP contribution in [0.15, 0.2) is 24.3 Å². The van der Waals surface area contributed by atoms with Crippen molar-refractivity contribution in [3.8, 4) is 0 Å². The second-order valence-corrected chi connectivity index (χ2v) is 2.90. The Hall–Kier alpha value is -2.04. The molecule has 0 aliphatic carbocycles. The number of nitrogens with one attached hydrogen (secondary N) is 1. The number of fused-ring (bicyclic) bond motifs is 1. The van der Waals surface area contributed by atoms with Crippen molar-refractivity contribution in [1.82, 2.24) is 9.97 Å². The Bertz CT molecular complexity index is 445. The van der Waals surface area contributed by atoms with Gasteiger partial charge < -0.3 is 19.8 Å². The van der Waals surface area contributed by atoms with E-state index < -0.39 is 6.09 Å². The van der Waals surface area contributed by atoms with E-state index in [0.717, 1.165) is 15.9 Å². The smallest absolute Gasteiger partial charge is 0.209 e. The molecule has 1 aromatic heterocycles. The Kier molecular flexibility index (Phi) is 1.85. The molecule has 5 heteroatoms. The Labute approximate surface area is 80.0 Å². The number of hydrogen-bond acceptors (Lipinski definition) is 3. The van der Waals surface area contributed by atoms with Crippen molar-refractivity contribution in [2.75, 3.05) is 11.9 Å². The summed E-state index contributed by atoms with van der Waals surface area (Å²) in [6, 6.07) is 7.32. The number of hydrogen-bond donors (Lipinski definition) is 1. The summed E-state index contributed by atoms with van der Waals surface area (Å²) in [5.41, 5.74) is 1.53. The Morgan fingerprint density at radius 2 is 2.21 bits per heavy atom. The van der Waals surface area contributed by atoms with E-state index in [1.807, 2.05) is 18.2 Å². The second kappa shape index (κ2) is 3.02. The Morgan fingerprint density at radius 3 is 2.86 bits per heavy atom. The summed E-state index contributed by atoms with van der Waals surface area (Å²) < 4.78 is 0. The predicted octanol–water partition coefficient (Wildman–Crippen LogP) is 0.342. The monoisotopic (exact) mass is 190 g/mol. The molecule has 0 atom stereocenters. The molecule has 0 fully saturated rings. The lowest BCUT2D eigenvalue weighted by Gasteiger charge is -2.15. The summed E-state index contributed by atoms with van der Waals surface area (Å²) in [5.74, 6) is 0.270. The lowest BCUT2D eigenvalue weighted by atomic mass is 10.3. The van der Waals surface area contributed by atoms with Crippen molar-refractivity contribution < 1.29 is 9.90 Å². The largest absolute Gasteiger partial charge is 0.530 e. The SMILES string of the molecule is CN(C(=O)[O-])c1nc2ccccc2[nH]1. The van der Waals surface area contributed by atoms with E-state index in [2.05, 4.69) is 9.97 Å². The molecule has 5 nitrogen and oxygen atoms in total. The maximum absolute atomic E-state index is 10.5. The van der Waals surface area contributed by atoms with E-state index in [9.17, 15) is 9.90 Å². The molecule has 1 heterocycles. The van der Waals surface area contributed by atoms with Crippen LogP contribution in [0.5, 0.6) is 0 Å². The Morgan fingerprint density at radius 1 is 1.50 bits per heavy atom. The maximum Gasteiger partial charge on any atom is 0.209 e. The van der Waals surface area contributed by atoms with Gasteiger partial charge >= 0.3 is 0 Å². The average Bonchev–Trinajstić information content (AvgIpc) is 2.59. The van der Waals surface area contributed by atoms with Crippen LogP contribution in [0.3, 0.4) is 0 Å². The molecule has 1 N–H and O–H groups in total. The van der Waals surface area contributed by atoms with Crippen LogP contribution < -0.4 is 10.0 Å². The fourth-order valence-corrected chi connectivity index (χ4v) is 1.18. The normalized spacial score (nSPS) is 10.4.